The highest BCUT2D eigenvalue weighted by molar-refractivity contribution is 5.81. The van der Waals surface area contributed by atoms with Gasteiger partial charge in [-0.15, -0.1) is 0 Å². The molecule has 1 atom stereocenters. The molecule has 2 rings (SSSR count). The van der Waals surface area contributed by atoms with E-state index in [0.717, 1.165) is 25.1 Å². The number of carbonyl (C=O) groups is 1. The van der Waals surface area contributed by atoms with E-state index in [2.05, 4.69) is 27.3 Å². The van der Waals surface area contributed by atoms with Gasteiger partial charge in [-0.3, -0.25) is 9.79 Å². The molecule has 0 aliphatic carbocycles. The van der Waals surface area contributed by atoms with Crippen molar-refractivity contribution in [3.05, 3.63) is 29.3 Å². The number of nitrogens with one attached hydrogen (secondary N) is 2. The molecule has 0 aromatic heterocycles. The summed E-state index contributed by atoms with van der Waals surface area (Å²) in [5.74, 6) is 1.34. The van der Waals surface area contributed by atoms with Crippen molar-refractivity contribution in [3.8, 4) is 5.75 Å². The lowest BCUT2D eigenvalue weighted by Gasteiger charge is -2.31. The lowest BCUT2D eigenvalue weighted by atomic mass is 10.00. The fraction of sp³-hybridized carbons (Fsp3) is 0.600. The molecule has 1 saturated heterocycles. The molecular formula is C20H30F2N4O2. The molecule has 0 spiro atoms. The number of benzene rings is 1. The summed E-state index contributed by atoms with van der Waals surface area (Å²) in [5.41, 5.74) is 1.56. The number of likely N-dealkylation sites (tertiary alicyclic amines) is 1. The third kappa shape index (κ3) is 6.98. The largest absolute Gasteiger partial charge is 0.434 e. The number of alkyl halides is 2. The molecule has 1 amide bonds. The van der Waals surface area contributed by atoms with Crippen molar-refractivity contribution >= 4 is 11.9 Å². The minimum Gasteiger partial charge on any atom is -0.434 e. The first kappa shape index (κ1) is 21.9. The number of ether oxygens (including phenoxy) is 1. The van der Waals surface area contributed by atoms with Gasteiger partial charge in [0.25, 0.3) is 0 Å². The Hall–Kier alpha value is -2.38. The van der Waals surface area contributed by atoms with Gasteiger partial charge in [0.1, 0.15) is 5.75 Å². The summed E-state index contributed by atoms with van der Waals surface area (Å²) in [5, 5.41) is 6.17. The van der Waals surface area contributed by atoms with Gasteiger partial charge in [-0.25, -0.2) is 0 Å². The van der Waals surface area contributed by atoms with Crippen LogP contribution in [0.2, 0.25) is 0 Å². The number of aliphatic imine (C=N–C) groups is 1. The molecule has 0 saturated carbocycles. The van der Waals surface area contributed by atoms with Crippen LogP contribution in [0.3, 0.4) is 0 Å². The lowest BCUT2D eigenvalue weighted by molar-refractivity contribution is -0.132. The quantitative estimate of drug-likeness (QED) is 0.549. The Kier molecular flexibility index (Phi) is 8.47. The summed E-state index contributed by atoms with van der Waals surface area (Å²) in [7, 11) is 1.62. The van der Waals surface area contributed by atoms with Crippen LogP contribution in [0, 0.1) is 12.8 Å². The average Bonchev–Trinajstić information content (AvgIpc) is 2.65. The smallest absolute Gasteiger partial charge is 0.387 e. The van der Waals surface area contributed by atoms with Crippen LogP contribution in [0.5, 0.6) is 5.75 Å². The van der Waals surface area contributed by atoms with E-state index in [4.69, 9.17) is 0 Å². The Bertz CT molecular complexity index is 682. The topological polar surface area (TPSA) is 66.0 Å². The summed E-state index contributed by atoms with van der Waals surface area (Å²) in [6.07, 6.45) is 2.62. The normalized spacial score (nSPS) is 17.6. The second-order valence-electron chi connectivity index (χ2n) is 7.18. The molecular weight excluding hydrogens is 366 g/mol. The van der Waals surface area contributed by atoms with Crippen LogP contribution in [0.15, 0.2) is 23.2 Å². The Labute approximate surface area is 165 Å². The Morgan fingerprint density at radius 1 is 1.39 bits per heavy atom. The van der Waals surface area contributed by atoms with Gasteiger partial charge in [-0.2, -0.15) is 8.78 Å². The van der Waals surface area contributed by atoms with Crippen molar-refractivity contribution in [3.63, 3.8) is 0 Å². The van der Waals surface area contributed by atoms with Crippen molar-refractivity contribution in [2.75, 3.05) is 26.7 Å². The fourth-order valence-corrected chi connectivity index (χ4v) is 3.32. The number of nitrogens with zero attached hydrogens (tertiary/aromatic N) is 2. The first-order valence-electron chi connectivity index (χ1n) is 9.65. The van der Waals surface area contributed by atoms with Crippen LogP contribution in [0.4, 0.5) is 8.78 Å². The summed E-state index contributed by atoms with van der Waals surface area (Å²) in [6.45, 7) is 3.57. The zero-order chi connectivity index (χ0) is 20.5. The van der Waals surface area contributed by atoms with E-state index < -0.39 is 6.61 Å². The minimum absolute atomic E-state index is 0.137. The average molecular weight is 396 g/mol. The third-order valence-corrected chi connectivity index (χ3v) is 4.74. The van der Waals surface area contributed by atoms with Crippen LogP contribution in [0.25, 0.3) is 0 Å². The van der Waals surface area contributed by atoms with Gasteiger partial charge in [0.15, 0.2) is 5.96 Å². The molecule has 2 N–H and O–H groups in total. The van der Waals surface area contributed by atoms with Gasteiger partial charge in [0, 0.05) is 45.2 Å². The summed E-state index contributed by atoms with van der Waals surface area (Å²) >= 11 is 0. The van der Waals surface area contributed by atoms with Crippen LogP contribution in [-0.2, 0) is 11.3 Å². The van der Waals surface area contributed by atoms with E-state index in [9.17, 15) is 13.6 Å². The van der Waals surface area contributed by atoms with E-state index in [1.54, 1.807) is 19.2 Å². The molecule has 1 fully saturated rings. The minimum atomic E-state index is -2.87. The Morgan fingerprint density at radius 2 is 2.18 bits per heavy atom. The maximum absolute atomic E-state index is 12.6. The van der Waals surface area contributed by atoms with Crippen molar-refractivity contribution in [1.82, 2.24) is 15.5 Å². The molecule has 1 aromatic carbocycles. The van der Waals surface area contributed by atoms with Crippen LogP contribution in [-0.4, -0.2) is 50.1 Å². The summed E-state index contributed by atoms with van der Waals surface area (Å²) in [6, 6.07) is 5.05. The van der Waals surface area contributed by atoms with E-state index in [1.165, 1.54) is 12.5 Å². The summed E-state index contributed by atoms with van der Waals surface area (Å²) in [4.78, 5) is 18.4. The molecule has 0 bridgehead atoms. The number of hydrogen-bond donors (Lipinski definition) is 2. The molecule has 1 unspecified atom stereocenters. The number of aryl methyl sites for hydroxylation is 1. The first-order chi connectivity index (χ1) is 13.4. The molecule has 1 aromatic rings. The second kappa shape index (κ2) is 10.8. The van der Waals surface area contributed by atoms with Crippen molar-refractivity contribution in [2.45, 2.75) is 46.3 Å². The Balaban J connectivity index is 1.82. The number of rotatable bonds is 7. The fourth-order valence-electron chi connectivity index (χ4n) is 3.32. The maximum Gasteiger partial charge on any atom is 0.387 e. The van der Waals surface area contributed by atoms with E-state index in [0.29, 0.717) is 30.4 Å². The number of carbonyl (C=O) groups excluding carboxylic acids is 1. The second-order valence-corrected chi connectivity index (χ2v) is 7.18. The zero-order valence-electron chi connectivity index (χ0n) is 16.8. The van der Waals surface area contributed by atoms with Crippen LogP contribution >= 0.6 is 0 Å². The predicted octanol–water partition coefficient (Wildman–Crippen LogP) is 2.91. The van der Waals surface area contributed by atoms with E-state index in [-0.39, 0.29) is 18.2 Å². The maximum atomic E-state index is 12.6. The van der Waals surface area contributed by atoms with Crippen LogP contribution in [0.1, 0.15) is 37.3 Å². The van der Waals surface area contributed by atoms with Gasteiger partial charge in [-0.05, 0) is 31.7 Å². The summed E-state index contributed by atoms with van der Waals surface area (Å²) < 4.78 is 29.7. The molecule has 28 heavy (non-hydrogen) atoms. The number of piperidine rings is 1. The molecule has 156 valence electrons. The highest BCUT2D eigenvalue weighted by atomic mass is 19.3. The van der Waals surface area contributed by atoms with Gasteiger partial charge < -0.3 is 20.3 Å². The number of guanidine groups is 1. The monoisotopic (exact) mass is 396 g/mol. The zero-order valence-corrected chi connectivity index (χ0v) is 16.8. The molecule has 8 heteroatoms. The first-order valence-corrected chi connectivity index (χ1v) is 9.65. The number of halogens is 2. The molecule has 1 heterocycles. The van der Waals surface area contributed by atoms with Gasteiger partial charge >= 0.3 is 6.61 Å². The highest BCUT2D eigenvalue weighted by Gasteiger charge is 2.20. The Morgan fingerprint density at radius 3 is 2.86 bits per heavy atom. The van der Waals surface area contributed by atoms with Gasteiger partial charge in [-0.1, -0.05) is 24.6 Å². The van der Waals surface area contributed by atoms with Crippen LogP contribution < -0.4 is 15.4 Å². The molecule has 1 aliphatic rings. The van der Waals surface area contributed by atoms with Crippen molar-refractivity contribution in [1.29, 1.82) is 0 Å². The molecule has 6 nitrogen and oxygen atoms in total. The van der Waals surface area contributed by atoms with Crippen molar-refractivity contribution in [2.24, 2.45) is 10.9 Å². The number of amides is 1. The standard InChI is InChI=1S/C20H30F2N4O2/c1-14-6-7-17(28-19(21)22)16(11-14)12-25-20(23-3)24-9-8-18(27)26-10-4-5-15(2)13-26/h6-7,11,15,19H,4-5,8-10,12-13H2,1-3H3,(H2,23,24,25). The van der Waals surface area contributed by atoms with Gasteiger partial charge in [0.05, 0.1) is 0 Å². The van der Waals surface area contributed by atoms with Crippen molar-refractivity contribution < 1.29 is 18.3 Å². The molecule has 1 aliphatic heterocycles. The SMILES string of the molecule is CN=C(NCCC(=O)N1CCCC(C)C1)NCc1cc(C)ccc1OC(F)F. The van der Waals surface area contributed by atoms with Gasteiger partial charge in [0.2, 0.25) is 5.91 Å². The lowest BCUT2D eigenvalue weighted by Crippen LogP contribution is -2.42. The number of hydrogen-bond acceptors (Lipinski definition) is 3. The van der Waals surface area contributed by atoms with E-state index in [1.807, 2.05) is 11.8 Å². The third-order valence-electron chi connectivity index (χ3n) is 4.74. The van der Waals surface area contributed by atoms with E-state index >= 15 is 0 Å². The molecule has 0 radical (unpaired) electrons. The predicted molar refractivity (Wildman–Crippen MR) is 106 cm³/mol. The highest BCUT2D eigenvalue weighted by Crippen LogP contribution is 2.22.